The number of hydrogen-bond donors (Lipinski definition) is 1. The molecule has 138 valence electrons. The summed E-state index contributed by atoms with van der Waals surface area (Å²) in [5.41, 5.74) is 7.22. The molecule has 0 atom stereocenters. The van der Waals surface area contributed by atoms with Crippen LogP contribution >= 0.6 is 0 Å². The number of hydrogen-bond acceptors (Lipinski definition) is 4. The third-order valence-electron chi connectivity index (χ3n) is 5.45. The molecule has 0 spiro atoms. The topological polar surface area (TPSA) is 40.5 Å². The molecule has 3 heterocycles. The van der Waals surface area contributed by atoms with E-state index in [1.54, 1.807) is 0 Å². The fourth-order valence-electron chi connectivity index (χ4n) is 3.93. The van der Waals surface area contributed by atoms with Crippen molar-refractivity contribution in [1.82, 2.24) is 9.88 Å². The zero-order valence-corrected chi connectivity index (χ0v) is 15.9. The molecule has 2 aromatic carbocycles. The van der Waals surface area contributed by atoms with Crippen molar-refractivity contribution in [1.29, 1.82) is 0 Å². The van der Waals surface area contributed by atoms with Gasteiger partial charge in [0.25, 0.3) is 0 Å². The summed E-state index contributed by atoms with van der Waals surface area (Å²) in [5, 5.41) is 5.67. The highest BCUT2D eigenvalue weighted by molar-refractivity contribution is 5.91. The van der Waals surface area contributed by atoms with Crippen LogP contribution in [0, 0.1) is 0 Å². The molecule has 0 amide bonds. The van der Waals surface area contributed by atoms with E-state index in [0.29, 0.717) is 0 Å². The van der Waals surface area contributed by atoms with Crippen LogP contribution in [-0.2, 0) is 13.1 Å². The van der Waals surface area contributed by atoms with Gasteiger partial charge in [0.2, 0.25) is 0 Å². The number of nitrogens with one attached hydrogen (secondary N) is 1. The zero-order chi connectivity index (χ0) is 19.1. The Morgan fingerprint density at radius 3 is 2.79 bits per heavy atom. The van der Waals surface area contributed by atoms with Gasteiger partial charge in [0.15, 0.2) is 0 Å². The first-order valence-electron chi connectivity index (χ1n) is 9.53. The normalized spacial score (nSPS) is 15.7. The highest BCUT2D eigenvalue weighted by Crippen LogP contribution is 2.28. The van der Waals surface area contributed by atoms with Gasteiger partial charge in [-0.05, 0) is 58.5 Å². The fraction of sp³-hybridized carbons (Fsp3) is 0.167. The van der Waals surface area contributed by atoms with E-state index in [1.165, 1.54) is 22.3 Å². The minimum atomic E-state index is 0.809. The van der Waals surface area contributed by atoms with Crippen LogP contribution in [0.15, 0.2) is 66.4 Å². The maximum atomic E-state index is 4.56. The van der Waals surface area contributed by atoms with Crippen LogP contribution in [0.3, 0.4) is 0 Å². The van der Waals surface area contributed by atoms with Crippen molar-refractivity contribution in [3.8, 4) is 0 Å². The molecule has 0 unspecified atom stereocenters. The van der Waals surface area contributed by atoms with Crippen molar-refractivity contribution in [2.24, 2.45) is 4.99 Å². The minimum absolute atomic E-state index is 0.809. The quantitative estimate of drug-likeness (QED) is 0.700. The predicted molar refractivity (Wildman–Crippen MR) is 117 cm³/mol. The molecule has 0 aliphatic carbocycles. The zero-order valence-electron chi connectivity index (χ0n) is 15.9. The minimum Gasteiger partial charge on any atom is -0.340 e. The second-order valence-corrected chi connectivity index (χ2v) is 7.58. The number of pyridine rings is 1. The van der Waals surface area contributed by atoms with Gasteiger partial charge < -0.3 is 5.32 Å². The van der Waals surface area contributed by atoms with E-state index in [0.717, 1.165) is 47.4 Å². The Bertz CT molecular complexity index is 1160. The molecule has 3 aromatic rings. The van der Waals surface area contributed by atoms with Gasteiger partial charge in [-0.2, -0.15) is 0 Å². The molecule has 2 aliphatic heterocycles. The van der Waals surface area contributed by atoms with Gasteiger partial charge in [0.1, 0.15) is 5.82 Å². The number of nitrogens with zero attached hydrogens (tertiary/aromatic N) is 3. The van der Waals surface area contributed by atoms with Gasteiger partial charge in [0.05, 0.1) is 0 Å². The lowest BCUT2D eigenvalue weighted by molar-refractivity contribution is 0.353. The summed E-state index contributed by atoms with van der Waals surface area (Å²) in [6.07, 6.45) is 6.68. The molecule has 0 radical (unpaired) electrons. The maximum absolute atomic E-state index is 4.56. The van der Waals surface area contributed by atoms with Crippen molar-refractivity contribution < 1.29 is 0 Å². The Kier molecular flexibility index (Phi) is 4.06. The number of allylic oxidation sites excluding steroid dienone is 1. The van der Waals surface area contributed by atoms with Gasteiger partial charge in [-0.1, -0.05) is 30.8 Å². The van der Waals surface area contributed by atoms with Gasteiger partial charge in [-0.25, -0.2) is 4.98 Å². The SMILES string of the molecule is C=C(Nc1cc2cc(C3=CN=CC3)ccc2cn1)c1ccc2c(c1)CN(C)C2. The van der Waals surface area contributed by atoms with Gasteiger partial charge in [-0.3, -0.25) is 9.89 Å². The molecule has 5 rings (SSSR count). The lowest BCUT2D eigenvalue weighted by Crippen LogP contribution is -2.07. The summed E-state index contributed by atoms with van der Waals surface area (Å²) in [5.74, 6) is 0.809. The third-order valence-corrected chi connectivity index (χ3v) is 5.45. The van der Waals surface area contributed by atoms with Gasteiger partial charge in [-0.15, -0.1) is 0 Å². The summed E-state index contributed by atoms with van der Waals surface area (Å²) in [4.78, 5) is 11.1. The molecule has 1 N–H and O–H groups in total. The first-order valence-corrected chi connectivity index (χ1v) is 9.53. The Labute approximate surface area is 164 Å². The largest absolute Gasteiger partial charge is 0.340 e. The molecule has 0 saturated carbocycles. The van der Waals surface area contributed by atoms with Crippen molar-refractivity contribution in [3.63, 3.8) is 0 Å². The molecule has 0 bridgehead atoms. The highest BCUT2D eigenvalue weighted by Gasteiger charge is 2.16. The van der Waals surface area contributed by atoms with E-state index < -0.39 is 0 Å². The van der Waals surface area contributed by atoms with Crippen LogP contribution < -0.4 is 5.32 Å². The number of aliphatic imine (C=N–C) groups is 1. The second kappa shape index (κ2) is 6.73. The average molecular weight is 366 g/mol. The van der Waals surface area contributed by atoms with Crippen molar-refractivity contribution in [2.75, 3.05) is 12.4 Å². The molecule has 4 heteroatoms. The average Bonchev–Trinajstić information content (AvgIpc) is 3.35. The summed E-state index contributed by atoms with van der Waals surface area (Å²) >= 11 is 0. The van der Waals surface area contributed by atoms with Crippen molar-refractivity contribution >= 4 is 34.1 Å². The van der Waals surface area contributed by atoms with E-state index in [4.69, 9.17) is 0 Å². The van der Waals surface area contributed by atoms with E-state index in [-0.39, 0.29) is 0 Å². The summed E-state index contributed by atoms with van der Waals surface area (Å²) in [6.45, 7) is 6.25. The molecule has 1 aromatic heterocycles. The van der Waals surface area contributed by atoms with E-state index in [2.05, 4.69) is 76.3 Å². The van der Waals surface area contributed by atoms with Crippen LogP contribution in [0.2, 0.25) is 0 Å². The smallest absolute Gasteiger partial charge is 0.130 e. The molecular formula is C24H22N4. The fourth-order valence-corrected chi connectivity index (χ4v) is 3.93. The highest BCUT2D eigenvalue weighted by atomic mass is 15.1. The second-order valence-electron chi connectivity index (χ2n) is 7.58. The number of benzene rings is 2. The Morgan fingerprint density at radius 1 is 1.04 bits per heavy atom. The molecule has 0 fully saturated rings. The summed E-state index contributed by atoms with van der Waals surface area (Å²) in [7, 11) is 2.15. The molecular weight excluding hydrogens is 344 g/mol. The predicted octanol–water partition coefficient (Wildman–Crippen LogP) is 5.08. The third kappa shape index (κ3) is 3.12. The van der Waals surface area contributed by atoms with Crippen LogP contribution in [-0.4, -0.2) is 23.1 Å². The Morgan fingerprint density at radius 2 is 1.93 bits per heavy atom. The summed E-state index contributed by atoms with van der Waals surface area (Å²) < 4.78 is 0. The molecule has 4 nitrogen and oxygen atoms in total. The number of fused-ring (bicyclic) bond motifs is 2. The summed E-state index contributed by atoms with van der Waals surface area (Å²) in [6, 6.07) is 15.1. The van der Waals surface area contributed by atoms with E-state index in [1.807, 2.05) is 18.6 Å². The van der Waals surface area contributed by atoms with Gasteiger partial charge >= 0.3 is 0 Å². The maximum Gasteiger partial charge on any atom is 0.130 e. The van der Waals surface area contributed by atoms with E-state index >= 15 is 0 Å². The van der Waals surface area contributed by atoms with Gasteiger partial charge in [0, 0.05) is 49.2 Å². The number of rotatable bonds is 4. The lowest BCUT2D eigenvalue weighted by atomic mass is 10.0. The van der Waals surface area contributed by atoms with Crippen molar-refractivity contribution in [2.45, 2.75) is 19.5 Å². The molecule has 0 saturated heterocycles. The van der Waals surface area contributed by atoms with E-state index in [9.17, 15) is 0 Å². The Hall–Kier alpha value is -3.24. The van der Waals surface area contributed by atoms with Crippen LogP contribution in [0.4, 0.5) is 5.82 Å². The molecule has 28 heavy (non-hydrogen) atoms. The molecule has 2 aliphatic rings. The Balaban J connectivity index is 1.40. The number of aromatic nitrogens is 1. The lowest BCUT2D eigenvalue weighted by Gasteiger charge is -2.12. The standard InChI is InChI=1S/C24H22N4/c1-16(17-3-6-21-14-28(2)15-23(21)9-17)27-24-11-22-10-18(20-7-8-25-12-20)4-5-19(22)13-26-24/h3-6,8-13H,1,7,14-15H2,2H3,(H,26,27). The van der Waals surface area contributed by atoms with Crippen molar-refractivity contribution in [3.05, 3.63) is 83.7 Å². The monoisotopic (exact) mass is 366 g/mol. The first kappa shape index (κ1) is 16.9. The first-order chi connectivity index (χ1) is 13.7. The number of anilines is 1. The van der Waals surface area contributed by atoms with Crippen LogP contribution in [0.5, 0.6) is 0 Å². The van der Waals surface area contributed by atoms with Crippen LogP contribution in [0.25, 0.3) is 22.0 Å². The van der Waals surface area contributed by atoms with Crippen LogP contribution in [0.1, 0.15) is 28.7 Å².